The molecule has 0 radical (unpaired) electrons. The molecule has 1 aromatic heterocycles. The van der Waals surface area contributed by atoms with E-state index in [4.69, 9.17) is 11.2 Å². The maximum atomic E-state index is 13.3. The second kappa shape index (κ2) is 8.42. The summed E-state index contributed by atoms with van der Waals surface area (Å²) in [7, 11) is 0. The monoisotopic (exact) mass is 431 g/mol. The van der Waals surface area contributed by atoms with Crippen LogP contribution in [-0.4, -0.2) is 22.0 Å². The van der Waals surface area contributed by atoms with Gasteiger partial charge in [-0.2, -0.15) is 4.99 Å². The van der Waals surface area contributed by atoms with Crippen molar-refractivity contribution in [1.82, 2.24) is 4.57 Å². The number of ether oxygens (including phenoxy) is 1. The number of carbonyl (C=O) groups excluding carboxylic acids is 1. The molecule has 0 spiro atoms. The average molecular weight is 431 g/mol. The Morgan fingerprint density at radius 3 is 2.81 bits per heavy atom. The van der Waals surface area contributed by atoms with Crippen LogP contribution in [0.25, 0.3) is 21.0 Å². The summed E-state index contributed by atoms with van der Waals surface area (Å²) in [6.45, 7) is 2.43. The van der Waals surface area contributed by atoms with Gasteiger partial charge in [-0.15, -0.1) is 6.42 Å². The number of nitro benzene ring substituents is 1. The lowest BCUT2D eigenvalue weighted by Gasteiger charge is -2.10. The molecule has 0 aliphatic heterocycles. The SMILES string of the molecule is C#CCn1c(=NC(=O)c2c(OCC)ccc3ccccc23)sc2cc([N+](=O)[O-])ccc21. The molecule has 0 aliphatic carbocycles. The first kappa shape index (κ1) is 20.3. The van der Waals surface area contributed by atoms with Gasteiger partial charge >= 0.3 is 0 Å². The molecule has 0 saturated carbocycles. The first-order valence-electron chi connectivity index (χ1n) is 9.48. The second-order valence-corrected chi connectivity index (χ2v) is 7.60. The Morgan fingerprint density at radius 1 is 1.26 bits per heavy atom. The van der Waals surface area contributed by atoms with Crippen molar-refractivity contribution in [2.24, 2.45) is 4.99 Å². The van der Waals surface area contributed by atoms with Crippen molar-refractivity contribution in [2.45, 2.75) is 13.5 Å². The highest BCUT2D eigenvalue weighted by atomic mass is 32.1. The molecule has 8 heteroatoms. The van der Waals surface area contributed by atoms with Gasteiger partial charge < -0.3 is 9.30 Å². The molecule has 4 rings (SSSR count). The topological polar surface area (TPSA) is 86.7 Å². The Labute approximate surface area is 181 Å². The Hall–Kier alpha value is -3.96. The molecular formula is C23H17N3O4S. The van der Waals surface area contributed by atoms with E-state index in [-0.39, 0.29) is 12.2 Å². The summed E-state index contributed by atoms with van der Waals surface area (Å²) in [6.07, 6.45) is 5.52. The third-order valence-corrected chi connectivity index (χ3v) is 5.77. The lowest BCUT2D eigenvalue weighted by Crippen LogP contribution is -2.17. The normalized spacial score (nSPS) is 11.5. The summed E-state index contributed by atoms with van der Waals surface area (Å²) in [6, 6.07) is 15.7. The Bertz CT molecular complexity index is 1440. The standard InChI is InChI=1S/C23H17N3O4S/c1-3-13-25-18-11-10-16(26(28)29)14-20(18)31-23(25)24-22(27)21-17-8-6-5-7-15(17)9-12-19(21)30-4-2/h1,5-12,14H,4,13H2,2H3. The largest absolute Gasteiger partial charge is 0.493 e. The fourth-order valence-corrected chi connectivity index (χ4v) is 4.46. The molecule has 0 fully saturated rings. The number of hydrogen-bond acceptors (Lipinski definition) is 5. The zero-order chi connectivity index (χ0) is 22.0. The fourth-order valence-electron chi connectivity index (χ4n) is 3.40. The van der Waals surface area contributed by atoms with E-state index in [2.05, 4.69) is 10.9 Å². The van der Waals surface area contributed by atoms with Gasteiger partial charge in [-0.1, -0.05) is 47.6 Å². The van der Waals surface area contributed by atoms with Crippen molar-refractivity contribution in [1.29, 1.82) is 0 Å². The van der Waals surface area contributed by atoms with Crippen molar-refractivity contribution in [2.75, 3.05) is 6.61 Å². The average Bonchev–Trinajstić information content (AvgIpc) is 3.10. The van der Waals surface area contributed by atoms with Crippen molar-refractivity contribution in [3.8, 4) is 18.1 Å². The predicted molar refractivity (Wildman–Crippen MR) is 120 cm³/mol. The third-order valence-electron chi connectivity index (χ3n) is 4.73. The molecule has 0 bridgehead atoms. The summed E-state index contributed by atoms with van der Waals surface area (Å²) in [5.41, 5.74) is 1.02. The van der Waals surface area contributed by atoms with E-state index in [1.165, 1.54) is 23.5 Å². The maximum absolute atomic E-state index is 13.3. The predicted octanol–water partition coefficient (Wildman–Crippen LogP) is 4.54. The number of fused-ring (bicyclic) bond motifs is 2. The van der Waals surface area contributed by atoms with Gasteiger partial charge in [-0.3, -0.25) is 14.9 Å². The van der Waals surface area contributed by atoms with E-state index in [1.54, 1.807) is 16.7 Å². The van der Waals surface area contributed by atoms with Gasteiger partial charge in [0.15, 0.2) is 4.80 Å². The highest BCUT2D eigenvalue weighted by Crippen LogP contribution is 2.29. The van der Waals surface area contributed by atoms with Crippen LogP contribution < -0.4 is 9.54 Å². The number of thiazole rings is 1. The number of hydrogen-bond donors (Lipinski definition) is 0. The van der Waals surface area contributed by atoms with Gasteiger partial charge in [0.05, 0.1) is 33.9 Å². The summed E-state index contributed by atoms with van der Waals surface area (Å²) < 4.78 is 8.02. The van der Waals surface area contributed by atoms with E-state index < -0.39 is 10.8 Å². The first-order valence-corrected chi connectivity index (χ1v) is 10.3. The first-order chi connectivity index (χ1) is 15.0. The highest BCUT2D eigenvalue weighted by molar-refractivity contribution is 7.16. The molecule has 154 valence electrons. The number of non-ortho nitro benzene ring substituents is 1. The number of nitrogens with zero attached hydrogens (tertiary/aromatic N) is 3. The highest BCUT2D eigenvalue weighted by Gasteiger charge is 2.18. The van der Waals surface area contributed by atoms with Crippen LogP contribution in [0.15, 0.2) is 59.6 Å². The molecule has 1 amide bonds. The van der Waals surface area contributed by atoms with Crippen LogP contribution in [0.1, 0.15) is 17.3 Å². The molecule has 7 nitrogen and oxygen atoms in total. The van der Waals surface area contributed by atoms with Gasteiger partial charge in [0.25, 0.3) is 11.6 Å². The summed E-state index contributed by atoms with van der Waals surface area (Å²) in [5, 5.41) is 12.8. The summed E-state index contributed by atoms with van der Waals surface area (Å²) in [5.74, 6) is 2.54. The van der Waals surface area contributed by atoms with Crippen LogP contribution in [0.4, 0.5) is 5.69 Å². The van der Waals surface area contributed by atoms with Crippen LogP contribution in [0, 0.1) is 22.5 Å². The second-order valence-electron chi connectivity index (χ2n) is 6.59. The number of carbonyl (C=O) groups is 1. The minimum atomic E-state index is -0.466. The number of aromatic nitrogens is 1. The number of amides is 1. The Kier molecular flexibility index (Phi) is 5.52. The zero-order valence-corrected chi connectivity index (χ0v) is 17.4. The van der Waals surface area contributed by atoms with Crippen LogP contribution in [-0.2, 0) is 6.54 Å². The van der Waals surface area contributed by atoms with Crippen molar-refractivity contribution >= 4 is 43.9 Å². The molecule has 0 saturated heterocycles. The molecule has 0 aliphatic rings. The van der Waals surface area contributed by atoms with Crippen molar-refractivity contribution in [3.63, 3.8) is 0 Å². The fraction of sp³-hybridized carbons (Fsp3) is 0.130. The molecule has 0 unspecified atom stereocenters. The molecule has 0 atom stereocenters. The number of rotatable bonds is 5. The van der Waals surface area contributed by atoms with Crippen LogP contribution in [0.5, 0.6) is 5.75 Å². The maximum Gasteiger partial charge on any atom is 0.284 e. The molecule has 1 heterocycles. The lowest BCUT2D eigenvalue weighted by molar-refractivity contribution is -0.384. The summed E-state index contributed by atoms with van der Waals surface area (Å²) in [4.78, 5) is 28.7. The summed E-state index contributed by atoms with van der Waals surface area (Å²) >= 11 is 1.18. The van der Waals surface area contributed by atoms with E-state index in [0.717, 1.165) is 10.8 Å². The van der Waals surface area contributed by atoms with Crippen LogP contribution >= 0.6 is 11.3 Å². The molecule has 4 aromatic rings. The number of nitro groups is 1. The van der Waals surface area contributed by atoms with E-state index >= 15 is 0 Å². The molecular weight excluding hydrogens is 414 g/mol. The Balaban J connectivity index is 1.94. The Morgan fingerprint density at radius 2 is 2.06 bits per heavy atom. The minimum absolute atomic E-state index is 0.0350. The number of benzene rings is 3. The van der Waals surface area contributed by atoms with Crippen molar-refractivity contribution in [3.05, 3.63) is 75.1 Å². The van der Waals surface area contributed by atoms with Gasteiger partial charge in [0.1, 0.15) is 5.75 Å². The van der Waals surface area contributed by atoms with Crippen LogP contribution in [0.2, 0.25) is 0 Å². The quantitative estimate of drug-likeness (QED) is 0.264. The molecule has 0 N–H and O–H groups in total. The van der Waals surface area contributed by atoms with Gasteiger partial charge in [0, 0.05) is 12.1 Å². The van der Waals surface area contributed by atoms with Gasteiger partial charge in [-0.05, 0) is 29.8 Å². The molecule has 3 aromatic carbocycles. The number of terminal acetylenes is 1. The smallest absolute Gasteiger partial charge is 0.284 e. The minimum Gasteiger partial charge on any atom is -0.493 e. The molecule has 31 heavy (non-hydrogen) atoms. The van der Waals surface area contributed by atoms with Gasteiger partial charge in [0.2, 0.25) is 0 Å². The zero-order valence-electron chi connectivity index (χ0n) is 16.6. The van der Waals surface area contributed by atoms with E-state index in [1.807, 2.05) is 37.3 Å². The van der Waals surface area contributed by atoms with Crippen LogP contribution in [0.3, 0.4) is 0 Å². The van der Waals surface area contributed by atoms with E-state index in [0.29, 0.717) is 32.9 Å². The van der Waals surface area contributed by atoms with E-state index in [9.17, 15) is 14.9 Å². The third kappa shape index (κ3) is 3.79. The lowest BCUT2D eigenvalue weighted by atomic mass is 10.0. The van der Waals surface area contributed by atoms with Gasteiger partial charge in [-0.25, -0.2) is 0 Å². The van der Waals surface area contributed by atoms with Crippen molar-refractivity contribution < 1.29 is 14.5 Å².